The molecule has 0 aromatic heterocycles. The summed E-state index contributed by atoms with van der Waals surface area (Å²) in [5.41, 5.74) is -0.964. The third-order valence-electron chi connectivity index (χ3n) is 6.65. The number of carbonyl (C=O) groups is 2. The van der Waals surface area contributed by atoms with Crippen molar-refractivity contribution in [3.8, 4) is 0 Å². The third-order valence-corrected chi connectivity index (χ3v) is 8.85. The van der Waals surface area contributed by atoms with E-state index >= 15 is 0 Å². The molecule has 1 aliphatic carbocycles. The average Bonchev–Trinajstić information content (AvgIpc) is 2.83. The summed E-state index contributed by atoms with van der Waals surface area (Å²) in [7, 11) is -1.50. The lowest BCUT2D eigenvalue weighted by Gasteiger charge is -2.32. The summed E-state index contributed by atoms with van der Waals surface area (Å²) >= 11 is 2.10. The summed E-state index contributed by atoms with van der Waals surface area (Å²) < 4.78 is 24.2. The van der Waals surface area contributed by atoms with Gasteiger partial charge in [0.1, 0.15) is 0 Å². The van der Waals surface area contributed by atoms with Gasteiger partial charge in [-0.05, 0) is 65.1 Å². The highest BCUT2D eigenvalue weighted by Gasteiger charge is 2.72. The molecule has 0 aromatic rings. The molecule has 5 rings (SSSR count). The first-order valence-electron chi connectivity index (χ1n) is 9.02. The summed E-state index contributed by atoms with van der Waals surface area (Å²) in [6.45, 7) is 11.7. The molecular formula is C17H20B2O6S2. The van der Waals surface area contributed by atoms with Crippen molar-refractivity contribution >= 4 is 48.0 Å². The summed E-state index contributed by atoms with van der Waals surface area (Å²) in [6, 6.07) is 0. The minimum absolute atomic E-state index is 0.132. The second kappa shape index (κ2) is 5.15. The standard InChI is InChI=1S/C17H20B2O6S2/c1-14(2)15(3,4)23-18(22-14)8-10-11(27-12(8)20)9(13(21)26-10)19-24-16(5)7-17(16,6)25-19/h7H2,1-6H3. The van der Waals surface area contributed by atoms with E-state index in [4.69, 9.17) is 18.6 Å². The van der Waals surface area contributed by atoms with Crippen LogP contribution in [0.5, 0.6) is 0 Å². The van der Waals surface area contributed by atoms with Crippen LogP contribution in [0.3, 0.4) is 0 Å². The van der Waals surface area contributed by atoms with E-state index in [1.807, 2.05) is 41.5 Å². The third kappa shape index (κ3) is 2.34. The van der Waals surface area contributed by atoms with Crippen LogP contribution in [-0.4, -0.2) is 46.9 Å². The zero-order valence-electron chi connectivity index (χ0n) is 16.1. The average molecular weight is 406 g/mol. The quantitative estimate of drug-likeness (QED) is 0.649. The lowest BCUT2D eigenvalue weighted by atomic mass is 9.75. The highest BCUT2D eigenvalue weighted by atomic mass is 32.2. The van der Waals surface area contributed by atoms with Gasteiger partial charge in [0.15, 0.2) is 0 Å². The van der Waals surface area contributed by atoms with E-state index in [2.05, 4.69) is 0 Å². The molecule has 0 amide bonds. The highest BCUT2D eigenvalue weighted by Crippen LogP contribution is 2.62. The van der Waals surface area contributed by atoms with Crippen LogP contribution in [0, 0.1) is 0 Å². The van der Waals surface area contributed by atoms with E-state index in [1.54, 1.807) is 0 Å². The molecule has 5 aliphatic rings. The van der Waals surface area contributed by atoms with E-state index in [-0.39, 0.29) is 21.4 Å². The Labute approximate surface area is 167 Å². The molecule has 4 heterocycles. The largest absolute Gasteiger partial charge is 0.500 e. The topological polar surface area (TPSA) is 71.1 Å². The Morgan fingerprint density at radius 3 is 1.48 bits per heavy atom. The lowest BCUT2D eigenvalue weighted by Crippen LogP contribution is -2.41. The second-order valence-electron chi connectivity index (χ2n) is 9.06. The lowest BCUT2D eigenvalue weighted by molar-refractivity contribution is -0.107. The maximum atomic E-state index is 12.8. The Bertz CT molecular complexity index is 849. The summed E-state index contributed by atoms with van der Waals surface area (Å²) in [4.78, 5) is 26.8. The molecule has 1 saturated carbocycles. The zero-order valence-corrected chi connectivity index (χ0v) is 17.8. The van der Waals surface area contributed by atoms with Gasteiger partial charge in [0.2, 0.25) is 10.2 Å². The van der Waals surface area contributed by atoms with Crippen molar-refractivity contribution in [2.75, 3.05) is 0 Å². The van der Waals surface area contributed by atoms with Crippen LogP contribution in [-0.2, 0) is 28.2 Å². The van der Waals surface area contributed by atoms with Gasteiger partial charge in [-0.1, -0.05) is 0 Å². The molecule has 2 unspecified atom stereocenters. The van der Waals surface area contributed by atoms with Crippen LogP contribution < -0.4 is 0 Å². The zero-order chi connectivity index (χ0) is 19.6. The Morgan fingerprint density at radius 2 is 1.07 bits per heavy atom. The molecule has 3 fully saturated rings. The Kier molecular flexibility index (Phi) is 3.53. The fourth-order valence-corrected chi connectivity index (χ4v) is 6.21. The number of hydrogen-bond donors (Lipinski definition) is 0. The van der Waals surface area contributed by atoms with Crippen LogP contribution in [0.25, 0.3) is 0 Å². The van der Waals surface area contributed by atoms with Gasteiger partial charge in [0.25, 0.3) is 0 Å². The van der Waals surface area contributed by atoms with Gasteiger partial charge in [-0.25, -0.2) is 0 Å². The van der Waals surface area contributed by atoms with Crippen LogP contribution in [0.1, 0.15) is 48.0 Å². The Hall–Kier alpha value is -0.510. The predicted molar refractivity (Wildman–Crippen MR) is 105 cm³/mol. The van der Waals surface area contributed by atoms with E-state index in [0.29, 0.717) is 20.8 Å². The van der Waals surface area contributed by atoms with Gasteiger partial charge in [-0.3, -0.25) is 9.59 Å². The first-order valence-corrected chi connectivity index (χ1v) is 10.7. The monoisotopic (exact) mass is 406 g/mol. The number of hydrogen-bond acceptors (Lipinski definition) is 8. The molecule has 4 aliphatic heterocycles. The SMILES string of the molecule is CC1(C)OB(C2=C3SC(=O)C(B4OC5(C)CC5(C)O4)=C3SC2=O)OC1(C)C. The van der Waals surface area contributed by atoms with Gasteiger partial charge in [0.05, 0.1) is 33.3 Å². The molecule has 10 heteroatoms. The maximum absolute atomic E-state index is 12.8. The van der Waals surface area contributed by atoms with Crippen LogP contribution in [0.4, 0.5) is 0 Å². The molecule has 6 nitrogen and oxygen atoms in total. The molecule has 0 bridgehead atoms. The van der Waals surface area contributed by atoms with Gasteiger partial charge >= 0.3 is 14.2 Å². The van der Waals surface area contributed by atoms with Crippen molar-refractivity contribution in [2.45, 2.75) is 70.4 Å². The molecule has 2 atom stereocenters. The van der Waals surface area contributed by atoms with Crippen LogP contribution >= 0.6 is 23.5 Å². The van der Waals surface area contributed by atoms with Crippen molar-refractivity contribution in [1.29, 1.82) is 0 Å². The predicted octanol–water partition coefficient (Wildman–Crippen LogP) is 2.67. The number of fused-ring (bicyclic) bond motifs is 2. The molecular weight excluding hydrogens is 386 g/mol. The summed E-state index contributed by atoms with van der Waals surface area (Å²) in [5, 5.41) is -0.274. The van der Waals surface area contributed by atoms with Crippen molar-refractivity contribution in [2.24, 2.45) is 0 Å². The van der Waals surface area contributed by atoms with E-state index < -0.39 is 25.4 Å². The maximum Gasteiger partial charge on any atom is 0.500 e. The fourth-order valence-electron chi connectivity index (χ4n) is 3.84. The van der Waals surface area contributed by atoms with Crippen molar-refractivity contribution in [1.82, 2.24) is 0 Å². The first-order chi connectivity index (χ1) is 12.4. The minimum atomic E-state index is -0.781. The number of carbonyl (C=O) groups excluding carboxylic acids is 2. The Balaban J connectivity index is 1.52. The first kappa shape index (κ1) is 18.5. The van der Waals surface area contributed by atoms with E-state index in [9.17, 15) is 9.59 Å². The second-order valence-corrected chi connectivity index (χ2v) is 11.0. The molecule has 0 spiro atoms. The van der Waals surface area contributed by atoms with Gasteiger partial charge < -0.3 is 18.6 Å². The van der Waals surface area contributed by atoms with Crippen LogP contribution in [0.2, 0.25) is 0 Å². The molecule has 27 heavy (non-hydrogen) atoms. The van der Waals surface area contributed by atoms with Crippen molar-refractivity contribution in [3.63, 3.8) is 0 Å². The molecule has 2 saturated heterocycles. The smallest absolute Gasteiger partial charge is 0.399 e. The molecule has 0 N–H and O–H groups in total. The van der Waals surface area contributed by atoms with Gasteiger partial charge in [-0.2, -0.15) is 0 Å². The summed E-state index contributed by atoms with van der Waals surface area (Å²) in [5.74, 6) is 0. The summed E-state index contributed by atoms with van der Waals surface area (Å²) in [6.07, 6.45) is 0.814. The van der Waals surface area contributed by atoms with E-state index in [1.165, 1.54) is 0 Å². The number of thioether (sulfide) groups is 2. The number of rotatable bonds is 2. The minimum Gasteiger partial charge on any atom is -0.399 e. The molecule has 0 radical (unpaired) electrons. The highest BCUT2D eigenvalue weighted by molar-refractivity contribution is 8.24. The van der Waals surface area contributed by atoms with Crippen molar-refractivity contribution < 1.29 is 28.2 Å². The normalized spacial score (nSPS) is 39.0. The van der Waals surface area contributed by atoms with Crippen molar-refractivity contribution in [3.05, 3.63) is 20.8 Å². The Morgan fingerprint density at radius 1 is 0.704 bits per heavy atom. The van der Waals surface area contributed by atoms with Gasteiger partial charge in [0, 0.05) is 16.2 Å². The van der Waals surface area contributed by atoms with E-state index in [0.717, 1.165) is 29.9 Å². The van der Waals surface area contributed by atoms with Crippen LogP contribution in [0.15, 0.2) is 20.8 Å². The molecule has 142 valence electrons. The van der Waals surface area contributed by atoms with Gasteiger partial charge in [-0.15, -0.1) is 0 Å². The fraction of sp³-hybridized carbons (Fsp3) is 0.647. The molecule has 0 aromatic carbocycles.